The molecule has 1 fully saturated rings. The number of carbonyl (C=O) groups excluding carboxylic acids is 4. The van der Waals surface area contributed by atoms with Crippen LogP contribution in [-0.4, -0.2) is 48.9 Å². The fourth-order valence-corrected chi connectivity index (χ4v) is 3.22. The number of amides is 5. The Morgan fingerprint density at radius 3 is 2.19 bits per heavy atom. The van der Waals surface area contributed by atoms with E-state index in [9.17, 15) is 19.2 Å². The molecule has 0 aliphatic carbocycles. The van der Waals surface area contributed by atoms with Gasteiger partial charge in [0.2, 0.25) is 5.91 Å². The van der Waals surface area contributed by atoms with Gasteiger partial charge in [0.15, 0.2) is 0 Å². The summed E-state index contributed by atoms with van der Waals surface area (Å²) in [6, 6.07) is 13.4. The molecule has 5 amide bonds. The fourth-order valence-electron chi connectivity index (χ4n) is 3.22. The molecule has 0 spiro atoms. The average Bonchev–Trinajstić information content (AvgIpc) is 2.97. The molecule has 1 heterocycles. The molecule has 1 N–H and O–H groups in total. The normalized spacial score (nSPS) is 13.9. The summed E-state index contributed by atoms with van der Waals surface area (Å²) in [4.78, 5) is 50.8. The van der Waals surface area contributed by atoms with Gasteiger partial charge in [-0.3, -0.25) is 14.4 Å². The van der Waals surface area contributed by atoms with E-state index in [4.69, 9.17) is 4.74 Å². The molecule has 3 rings (SSSR count). The van der Waals surface area contributed by atoms with Crippen molar-refractivity contribution < 1.29 is 23.9 Å². The number of nitrogens with zero attached hydrogens (tertiary/aromatic N) is 2. The van der Waals surface area contributed by atoms with Crippen molar-refractivity contribution >= 4 is 29.4 Å². The van der Waals surface area contributed by atoms with Gasteiger partial charge in [-0.25, -0.2) is 14.6 Å². The van der Waals surface area contributed by atoms with Crippen molar-refractivity contribution in [2.24, 2.45) is 0 Å². The maximum Gasteiger partial charge on any atom is 0.339 e. The predicted octanol–water partition coefficient (Wildman–Crippen LogP) is 2.47. The predicted molar refractivity (Wildman–Crippen MR) is 115 cm³/mol. The number of imide groups is 2. The van der Waals surface area contributed by atoms with E-state index in [2.05, 4.69) is 31.3 Å². The second-order valence-corrected chi connectivity index (χ2v) is 7.51. The summed E-state index contributed by atoms with van der Waals surface area (Å²) in [5.41, 5.74) is 2.54. The highest BCUT2D eigenvalue weighted by Gasteiger charge is 2.46. The average molecular weight is 423 g/mol. The lowest BCUT2D eigenvalue weighted by Crippen LogP contribution is -2.42. The van der Waals surface area contributed by atoms with Gasteiger partial charge in [0.05, 0.1) is 12.8 Å². The molecule has 1 aliphatic heterocycles. The van der Waals surface area contributed by atoms with Crippen molar-refractivity contribution in [1.82, 2.24) is 10.2 Å². The minimum atomic E-state index is -1.03. The summed E-state index contributed by atoms with van der Waals surface area (Å²) in [5.74, 6) is -1.54. The summed E-state index contributed by atoms with van der Waals surface area (Å²) in [6.45, 7) is 4.09. The number of benzene rings is 2. The van der Waals surface area contributed by atoms with Crippen LogP contribution in [0.1, 0.15) is 30.9 Å². The van der Waals surface area contributed by atoms with Crippen LogP contribution in [0.25, 0.3) is 0 Å². The summed E-state index contributed by atoms with van der Waals surface area (Å²) < 4.78 is 5.05. The van der Waals surface area contributed by atoms with Crippen LogP contribution in [0, 0.1) is 0 Å². The Bertz CT molecular complexity index is 983. The number of hydrogen-bond donors (Lipinski definition) is 1. The molecule has 162 valence electrons. The number of ether oxygens (including phenoxy) is 1. The molecule has 0 unspecified atom stereocenters. The zero-order valence-corrected chi connectivity index (χ0v) is 17.8. The number of hydrogen-bond acceptors (Lipinski definition) is 5. The van der Waals surface area contributed by atoms with Crippen LogP contribution in [0.15, 0.2) is 48.5 Å². The van der Waals surface area contributed by atoms with E-state index in [0.717, 1.165) is 10.5 Å². The summed E-state index contributed by atoms with van der Waals surface area (Å²) in [5, 5.41) is 2.69. The van der Waals surface area contributed by atoms with Crippen molar-refractivity contribution in [2.45, 2.75) is 26.2 Å². The van der Waals surface area contributed by atoms with E-state index in [-0.39, 0.29) is 5.69 Å². The monoisotopic (exact) mass is 423 g/mol. The molecule has 2 aromatic rings. The molecule has 8 nitrogen and oxygen atoms in total. The minimum Gasteiger partial charge on any atom is -0.497 e. The van der Waals surface area contributed by atoms with Crippen LogP contribution in [0.5, 0.6) is 5.75 Å². The summed E-state index contributed by atoms with van der Waals surface area (Å²) in [6.07, 6.45) is 0.614. The number of nitrogens with one attached hydrogen (secondary N) is 1. The number of anilines is 1. The first kappa shape index (κ1) is 22.0. The maximum atomic E-state index is 12.6. The van der Waals surface area contributed by atoms with Crippen LogP contribution in [0.4, 0.5) is 10.5 Å². The standard InChI is InChI=1S/C23H25N3O5/c1-15(2)17-6-4-16(5-7-17)12-13-24-20(27)14-25-21(28)22(29)26(23(25)30)18-8-10-19(31-3)11-9-18/h4-11,15H,12-14H2,1-3H3,(H,24,27). The van der Waals surface area contributed by atoms with Crippen LogP contribution in [-0.2, 0) is 20.8 Å². The van der Waals surface area contributed by atoms with E-state index in [1.54, 1.807) is 12.1 Å². The number of rotatable bonds is 8. The van der Waals surface area contributed by atoms with E-state index >= 15 is 0 Å². The molecule has 1 saturated heterocycles. The van der Waals surface area contributed by atoms with Crippen LogP contribution in [0.3, 0.4) is 0 Å². The third-order valence-electron chi connectivity index (χ3n) is 5.07. The highest BCUT2D eigenvalue weighted by atomic mass is 16.5. The summed E-state index contributed by atoms with van der Waals surface area (Å²) in [7, 11) is 1.49. The van der Waals surface area contributed by atoms with Crippen LogP contribution in [0.2, 0.25) is 0 Å². The van der Waals surface area contributed by atoms with Crippen LogP contribution < -0.4 is 15.0 Å². The van der Waals surface area contributed by atoms with Crippen LogP contribution >= 0.6 is 0 Å². The van der Waals surface area contributed by atoms with E-state index in [1.807, 2.05) is 12.1 Å². The number of carbonyl (C=O) groups is 4. The fraction of sp³-hybridized carbons (Fsp3) is 0.304. The molecular formula is C23H25N3O5. The Morgan fingerprint density at radius 2 is 1.61 bits per heavy atom. The van der Waals surface area contributed by atoms with E-state index in [1.165, 1.54) is 24.8 Å². The SMILES string of the molecule is COc1ccc(N2C(=O)C(=O)N(CC(=O)NCCc3ccc(C(C)C)cc3)C2=O)cc1. The van der Waals surface area contributed by atoms with Crippen molar-refractivity contribution in [3.05, 3.63) is 59.7 Å². The van der Waals surface area contributed by atoms with Gasteiger partial charge in [0.1, 0.15) is 12.3 Å². The highest BCUT2D eigenvalue weighted by molar-refractivity contribution is 6.53. The van der Waals surface area contributed by atoms with E-state index < -0.39 is 30.3 Å². The zero-order valence-electron chi connectivity index (χ0n) is 17.8. The maximum absolute atomic E-state index is 12.6. The largest absolute Gasteiger partial charge is 0.497 e. The quantitative estimate of drug-likeness (QED) is 0.520. The van der Waals surface area contributed by atoms with Crippen molar-refractivity contribution in [3.8, 4) is 5.75 Å². The number of methoxy groups -OCH3 is 1. The first-order valence-corrected chi connectivity index (χ1v) is 10.0. The Labute approximate surface area is 180 Å². The molecule has 0 radical (unpaired) electrons. The molecule has 8 heteroatoms. The molecule has 0 atom stereocenters. The van der Waals surface area contributed by atoms with E-state index in [0.29, 0.717) is 29.5 Å². The Morgan fingerprint density at radius 1 is 0.968 bits per heavy atom. The van der Waals surface area contributed by atoms with Gasteiger partial charge >= 0.3 is 17.8 Å². The van der Waals surface area contributed by atoms with Crippen molar-refractivity contribution in [1.29, 1.82) is 0 Å². The third-order valence-corrected chi connectivity index (χ3v) is 5.07. The molecule has 0 saturated carbocycles. The molecule has 0 bridgehead atoms. The van der Waals surface area contributed by atoms with Gasteiger partial charge in [-0.05, 0) is 47.7 Å². The smallest absolute Gasteiger partial charge is 0.339 e. The highest BCUT2D eigenvalue weighted by Crippen LogP contribution is 2.24. The molecular weight excluding hydrogens is 398 g/mol. The molecule has 2 aromatic carbocycles. The van der Waals surface area contributed by atoms with Crippen molar-refractivity contribution in [2.75, 3.05) is 25.1 Å². The van der Waals surface area contributed by atoms with Gasteiger partial charge in [-0.2, -0.15) is 0 Å². The Hall–Kier alpha value is -3.68. The topological polar surface area (TPSA) is 96.0 Å². The summed E-state index contributed by atoms with van der Waals surface area (Å²) >= 11 is 0. The van der Waals surface area contributed by atoms with Gasteiger partial charge in [-0.15, -0.1) is 0 Å². The number of urea groups is 1. The minimum absolute atomic E-state index is 0.233. The lowest BCUT2D eigenvalue weighted by molar-refractivity contribution is -0.140. The van der Waals surface area contributed by atoms with Gasteiger partial charge < -0.3 is 10.1 Å². The first-order chi connectivity index (χ1) is 14.8. The van der Waals surface area contributed by atoms with Gasteiger partial charge in [-0.1, -0.05) is 38.1 Å². The van der Waals surface area contributed by atoms with Gasteiger partial charge in [0, 0.05) is 6.54 Å². The molecule has 1 aliphatic rings. The lowest BCUT2D eigenvalue weighted by Gasteiger charge is -2.15. The second-order valence-electron chi connectivity index (χ2n) is 7.51. The Balaban J connectivity index is 1.56. The van der Waals surface area contributed by atoms with Crippen molar-refractivity contribution in [3.63, 3.8) is 0 Å². The lowest BCUT2D eigenvalue weighted by atomic mass is 10.0. The third kappa shape index (κ3) is 4.91. The Kier molecular flexibility index (Phi) is 6.69. The second kappa shape index (κ2) is 9.42. The zero-order chi connectivity index (χ0) is 22.5. The first-order valence-electron chi connectivity index (χ1n) is 10.0. The van der Waals surface area contributed by atoms with Gasteiger partial charge in [0.25, 0.3) is 0 Å². The molecule has 0 aromatic heterocycles. The molecule has 31 heavy (non-hydrogen) atoms.